The maximum Gasteiger partial charge on any atom is 0.134 e. The number of nitrogens with one attached hydrogen (secondary N) is 1. The number of benzene rings is 1. The summed E-state index contributed by atoms with van der Waals surface area (Å²) >= 11 is 0. The van der Waals surface area contributed by atoms with E-state index < -0.39 is 17.5 Å². The van der Waals surface area contributed by atoms with Gasteiger partial charge in [-0.3, -0.25) is 0 Å². The summed E-state index contributed by atoms with van der Waals surface area (Å²) in [6, 6.07) is 2.09. The highest BCUT2D eigenvalue weighted by Gasteiger charge is 2.43. The molecular weight excluding hydrogens is 447 g/mol. The van der Waals surface area contributed by atoms with Gasteiger partial charge in [0.2, 0.25) is 0 Å². The summed E-state index contributed by atoms with van der Waals surface area (Å²) in [5, 5.41) is 3.13. The van der Waals surface area contributed by atoms with E-state index >= 15 is 0 Å². The van der Waals surface area contributed by atoms with Crippen molar-refractivity contribution in [2.45, 2.75) is 64.6 Å². The second-order valence-electron chi connectivity index (χ2n) is 9.34. The zero-order chi connectivity index (χ0) is 25.3. The van der Waals surface area contributed by atoms with Crippen LogP contribution >= 0.6 is 0 Å². The molecule has 2 unspecified atom stereocenters. The van der Waals surface area contributed by atoms with Crippen LogP contribution in [0.15, 0.2) is 84.0 Å². The molecule has 2 fully saturated rings. The molecule has 2 saturated heterocycles. The van der Waals surface area contributed by atoms with Crippen molar-refractivity contribution in [3.63, 3.8) is 0 Å². The number of nitrogens with zero attached hydrogens (tertiary/aromatic N) is 2. The average molecular weight is 482 g/mol. The Bertz CT molecular complexity index is 1120. The SMILES string of the molecule is C=CC1=C(C)N2C(=C(C(=C)NCc3c(F)cc(F)cc3F)/C1=C\CC)CCC2C1CCCN1C=C. The van der Waals surface area contributed by atoms with Crippen LogP contribution in [-0.4, -0.2) is 28.4 Å². The van der Waals surface area contributed by atoms with Gasteiger partial charge in [0.1, 0.15) is 17.5 Å². The first-order chi connectivity index (χ1) is 16.8. The molecule has 1 aromatic carbocycles. The maximum absolute atomic E-state index is 14.3. The summed E-state index contributed by atoms with van der Waals surface area (Å²) in [5.41, 5.74) is 5.76. The summed E-state index contributed by atoms with van der Waals surface area (Å²) in [5.74, 6) is -2.76. The lowest BCUT2D eigenvalue weighted by molar-refractivity contribution is 0.211. The van der Waals surface area contributed by atoms with Gasteiger partial charge in [-0.1, -0.05) is 38.8 Å². The predicted octanol–water partition coefficient (Wildman–Crippen LogP) is 6.84. The monoisotopic (exact) mass is 481 g/mol. The third kappa shape index (κ3) is 4.46. The standard InChI is InChI=1S/C29H34F3N3/c1-6-10-22-21(7-2)19(5)35-27(26-11-9-14-34(26)8-3)12-13-28(35)29(22)18(4)33-17-23-24(31)15-20(30)16-25(23)32/h7-8,10,15-16,26-27,33H,2-4,6,9,11-14,17H2,1,5H3/b22-10-. The summed E-state index contributed by atoms with van der Waals surface area (Å²) in [6.45, 7) is 17.5. The largest absolute Gasteiger partial charge is 0.381 e. The Kier molecular flexibility index (Phi) is 7.29. The second kappa shape index (κ2) is 10.2. The molecule has 1 aromatic rings. The summed E-state index contributed by atoms with van der Waals surface area (Å²) in [7, 11) is 0. The quantitative estimate of drug-likeness (QED) is 0.438. The van der Waals surface area contributed by atoms with E-state index in [-0.39, 0.29) is 12.1 Å². The first-order valence-corrected chi connectivity index (χ1v) is 12.3. The molecule has 6 heteroatoms. The number of hydrogen-bond donors (Lipinski definition) is 1. The Labute approximate surface area is 206 Å². The van der Waals surface area contributed by atoms with Crippen LogP contribution in [0.3, 0.4) is 0 Å². The fourth-order valence-corrected chi connectivity index (χ4v) is 5.90. The van der Waals surface area contributed by atoms with Crippen LogP contribution < -0.4 is 5.32 Å². The van der Waals surface area contributed by atoms with E-state index in [0.29, 0.717) is 29.9 Å². The van der Waals surface area contributed by atoms with Gasteiger partial charge >= 0.3 is 0 Å². The molecule has 0 radical (unpaired) electrons. The molecule has 3 aliphatic rings. The minimum absolute atomic E-state index is 0.130. The Morgan fingerprint density at radius 2 is 1.86 bits per heavy atom. The fraction of sp³-hybridized carbons (Fsp3) is 0.379. The predicted molar refractivity (Wildman–Crippen MR) is 135 cm³/mol. The van der Waals surface area contributed by atoms with Crippen LogP contribution in [0.4, 0.5) is 13.2 Å². The van der Waals surface area contributed by atoms with E-state index in [0.717, 1.165) is 55.4 Å². The number of fused-ring (bicyclic) bond motifs is 1. The van der Waals surface area contributed by atoms with Gasteiger partial charge in [-0.05, 0) is 50.8 Å². The van der Waals surface area contributed by atoms with Crippen LogP contribution in [0, 0.1) is 17.5 Å². The first-order valence-electron chi connectivity index (χ1n) is 12.3. The van der Waals surface area contributed by atoms with Gasteiger partial charge in [0.05, 0.1) is 6.04 Å². The highest BCUT2D eigenvalue weighted by Crippen LogP contribution is 2.47. The van der Waals surface area contributed by atoms with Crippen molar-refractivity contribution in [1.29, 1.82) is 0 Å². The Morgan fingerprint density at radius 1 is 1.14 bits per heavy atom. The van der Waals surface area contributed by atoms with Crippen LogP contribution in [0.25, 0.3) is 0 Å². The molecule has 3 aliphatic heterocycles. The minimum Gasteiger partial charge on any atom is -0.381 e. The summed E-state index contributed by atoms with van der Waals surface area (Å²) in [6.07, 6.45) is 11.0. The van der Waals surface area contributed by atoms with Crippen molar-refractivity contribution >= 4 is 0 Å². The van der Waals surface area contributed by atoms with Gasteiger partial charge in [0.25, 0.3) is 0 Å². The smallest absolute Gasteiger partial charge is 0.134 e. The van der Waals surface area contributed by atoms with E-state index in [1.807, 2.05) is 12.3 Å². The van der Waals surface area contributed by atoms with Crippen molar-refractivity contribution in [3.8, 4) is 0 Å². The molecule has 186 valence electrons. The van der Waals surface area contributed by atoms with E-state index in [1.165, 1.54) is 11.4 Å². The molecule has 4 rings (SSSR count). The molecule has 0 spiro atoms. The van der Waals surface area contributed by atoms with Gasteiger partial charge in [-0.15, -0.1) is 0 Å². The van der Waals surface area contributed by atoms with Gasteiger partial charge in [-0.2, -0.15) is 0 Å². The van der Waals surface area contributed by atoms with E-state index in [1.54, 1.807) is 0 Å². The highest BCUT2D eigenvalue weighted by atomic mass is 19.1. The number of rotatable bonds is 8. The van der Waals surface area contributed by atoms with Crippen molar-refractivity contribution < 1.29 is 13.2 Å². The molecular formula is C29H34F3N3. The van der Waals surface area contributed by atoms with Crippen LogP contribution in [0.2, 0.25) is 0 Å². The number of hydrogen-bond acceptors (Lipinski definition) is 3. The lowest BCUT2D eigenvalue weighted by Gasteiger charge is -2.41. The van der Waals surface area contributed by atoms with Crippen LogP contribution in [-0.2, 0) is 6.54 Å². The molecule has 0 amide bonds. The third-order valence-corrected chi connectivity index (χ3v) is 7.42. The fourth-order valence-electron chi connectivity index (χ4n) is 5.90. The molecule has 0 saturated carbocycles. The Balaban J connectivity index is 1.72. The van der Waals surface area contributed by atoms with E-state index in [2.05, 4.69) is 54.8 Å². The zero-order valence-corrected chi connectivity index (χ0v) is 20.6. The molecule has 0 aliphatic carbocycles. The summed E-state index contributed by atoms with van der Waals surface area (Å²) < 4.78 is 41.9. The van der Waals surface area contributed by atoms with Crippen LogP contribution in [0.1, 0.15) is 51.5 Å². The van der Waals surface area contributed by atoms with Gasteiger partial charge in [0, 0.05) is 65.1 Å². The van der Waals surface area contributed by atoms with Crippen molar-refractivity contribution in [1.82, 2.24) is 15.1 Å². The Hall–Kier alpha value is -3.15. The molecule has 3 heterocycles. The van der Waals surface area contributed by atoms with E-state index in [9.17, 15) is 13.2 Å². The Morgan fingerprint density at radius 3 is 2.49 bits per heavy atom. The van der Waals surface area contributed by atoms with Crippen molar-refractivity contribution in [3.05, 3.63) is 107 Å². The number of allylic oxidation sites excluding steroid dienone is 6. The highest BCUT2D eigenvalue weighted by molar-refractivity contribution is 5.64. The zero-order valence-electron chi connectivity index (χ0n) is 20.6. The lowest BCUT2D eigenvalue weighted by Crippen LogP contribution is -2.44. The topological polar surface area (TPSA) is 18.5 Å². The number of likely N-dealkylation sites (tertiary alicyclic amines) is 1. The summed E-state index contributed by atoms with van der Waals surface area (Å²) in [4.78, 5) is 4.77. The molecule has 35 heavy (non-hydrogen) atoms. The number of halogens is 3. The second-order valence-corrected chi connectivity index (χ2v) is 9.34. The van der Waals surface area contributed by atoms with Crippen molar-refractivity contribution in [2.24, 2.45) is 0 Å². The first kappa shape index (κ1) is 25.0. The lowest BCUT2D eigenvalue weighted by atomic mass is 9.87. The van der Waals surface area contributed by atoms with E-state index in [4.69, 9.17) is 0 Å². The molecule has 0 bridgehead atoms. The molecule has 3 nitrogen and oxygen atoms in total. The molecule has 2 atom stereocenters. The van der Waals surface area contributed by atoms with Gasteiger partial charge < -0.3 is 15.1 Å². The molecule has 1 N–H and O–H groups in total. The minimum atomic E-state index is -0.933. The maximum atomic E-state index is 14.3. The third-order valence-electron chi connectivity index (χ3n) is 7.42. The van der Waals surface area contributed by atoms with Gasteiger partial charge in [0.15, 0.2) is 0 Å². The molecule has 0 aromatic heterocycles. The van der Waals surface area contributed by atoms with Crippen LogP contribution in [0.5, 0.6) is 0 Å². The average Bonchev–Trinajstić information content (AvgIpc) is 3.45. The van der Waals surface area contributed by atoms with Gasteiger partial charge in [-0.25, -0.2) is 13.2 Å². The normalized spacial score (nSPS) is 23.3. The van der Waals surface area contributed by atoms with Crippen molar-refractivity contribution in [2.75, 3.05) is 6.54 Å².